The van der Waals surface area contributed by atoms with Crippen LogP contribution in [0.4, 0.5) is 0 Å². The standard InChI is InChI=1S/C9H14N2O/c1-7-4-5-10-8(9(7)12)6-11(2)3/h4-5,12H,6H2,1-3H3. The predicted octanol–water partition coefficient (Wildman–Crippen LogP) is 1.16. The summed E-state index contributed by atoms with van der Waals surface area (Å²) in [5.41, 5.74) is 1.61. The molecule has 0 aromatic carbocycles. The molecule has 3 nitrogen and oxygen atoms in total. The molecular weight excluding hydrogens is 152 g/mol. The maximum atomic E-state index is 9.56. The normalized spacial score (nSPS) is 10.7. The highest BCUT2D eigenvalue weighted by molar-refractivity contribution is 5.33. The third-order valence-electron chi connectivity index (χ3n) is 1.67. The summed E-state index contributed by atoms with van der Waals surface area (Å²) >= 11 is 0. The number of nitrogens with zero attached hydrogens (tertiary/aromatic N) is 2. The van der Waals surface area contributed by atoms with E-state index in [0.29, 0.717) is 12.3 Å². The van der Waals surface area contributed by atoms with Gasteiger partial charge in [-0.2, -0.15) is 0 Å². The fourth-order valence-corrected chi connectivity index (χ4v) is 1.02. The summed E-state index contributed by atoms with van der Waals surface area (Å²) < 4.78 is 0. The van der Waals surface area contributed by atoms with E-state index in [2.05, 4.69) is 4.98 Å². The topological polar surface area (TPSA) is 36.4 Å². The number of aryl methyl sites for hydroxylation is 1. The van der Waals surface area contributed by atoms with Crippen molar-refractivity contribution in [3.05, 3.63) is 23.5 Å². The molecule has 0 unspecified atom stereocenters. The second-order valence-electron chi connectivity index (χ2n) is 3.16. The molecule has 0 fully saturated rings. The molecular formula is C9H14N2O. The molecule has 1 rings (SSSR count). The minimum absolute atomic E-state index is 0.311. The highest BCUT2D eigenvalue weighted by Crippen LogP contribution is 2.19. The van der Waals surface area contributed by atoms with Gasteiger partial charge in [-0.1, -0.05) is 0 Å². The van der Waals surface area contributed by atoms with Gasteiger partial charge in [-0.15, -0.1) is 0 Å². The van der Waals surface area contributed by atoms with E-state index < -0.39 is 0 Å². The molecule has 0 atom stereocenters. The van der Waals surface area contributed by atoms with E-state index in [0.717, 1.165) is 11.3 Å². The second kappa shape index (κ2) is 3.54. The van der Waals surface area contributed by atoms with Crippen molar-refractivity contribution < 1.29 is 5.11 Å². The van der Waals surface area contributed by atoms with Gasteiger partial charge in [0.25, 0.3) is 0 Å². The number of aromatic nitrogens is 1. The molecule has 0 saturated heterocycles. The van der Waals surface area contributed by atoms with Crippen LogP contribution in [0.1, 0.15) is 11.3 Å². The Hall–Kier alpha value is -1.09. The van der Waals surface area contributed by atoms with E-state index in [4.69, 9.17) is 0 Å². The van der Waals surface area contributed by atoms with Crippen molar-refractivity contribution in [2.75, 3.05) is 14.1 Å². The van der Waals surface area contributed by atoms with Crippen LogP contribution < -0.4 is 0 Å². The monoisotopic (exact) mass is 166 g/mol. The third-order valence-corrected chi connectivity index (χ3v) is 1.67. The van der Waals surface area contributed by atoms with E-state index in [1.54, 1.807) is 12.3 Å². The van der Waals surface area contributed by atoms with Crippen LogP contribution in [-0.2, 0) is 6.54 Å². The molecule has 66 valence electrons. The average molecular weight is 166 g/mol. The van der Waals surface area contributed by atoms with Gasteiger partial charge >= 0.3 is 0 Å². The smallest absolute Gasteiger partial charge is 0.141 e. The van der Waals surface area contributed by atoms with Gasteiger partial charge in [0.05, 0.1) is 5.69 Å². The SMILES string of the molecule is Cc1ccnc(CN(C)C)c1O. The minimum Gasteiger partial charge on any atom is -0.506 e. The van der Waals surface area contributed by atoms with Crippen molar-refractivity contribution in [3.8, 4) is 5.75 Å². The lowest BCUT2D eigenvalue weighted by Crippen LogP contribution is -2.12. The molecule has 1 heterocycles. The lowest BCUT2D eigenvalue weighted by Gasteiger charge is -2.10. The molecule has 0 aliphatic heterocycles. The van der Waals surface area contributed by atoms with Gasteiger partial charge in [-0.3, -0.25) is 4.98 Å². The average Bonchev–Trinajstić information content (AvgIpc) is 1.98. The summed E-state index contributed by atoms with van der Waals surface area (Å²) in [4.78, 5) is 6.06. The first-order valence-corrected chi connectivity index (χ1v) is 3.89. The van der Waals surface area contributed by atoms with Gasteiger partial charge in [0.1, 0.15) is 5.75 Å². The Morgan fingerprint density at radius 3 is 2.75 bits per heavy atom. The van der Waals surface area contributed by atoms with Crippen LogP contribution in [0.25, 0.3) is 0 Å². The van der Waals surface area contributed by atoms with E-state index in [1.165, 1.54) is 0 Å². The van der Waals surface area contributed by atoms with Crippen LogP contribution in [-0.4, -0.2) is 29.1 Å². The maximum absolute atomic E-state index is 9.56. The molecule has 0 aliphatic carbocycles. The van der Waals surface area contributed by atoms with Gasteiger partial charge in [0.2, 0.25) is 0 Å². The van der Waals surface area contributed by atoms with Crippen LogP contribution in [0.3, 0.4) is 0 Å². The van der Waals surface area contributed by atoms with Gasteiger partial charge in [0, 0.05) is 12.7 Å². The second-order valence-corrected chi connectivity index (χ2v) is 3.16. The first-order chi connectivity index (χ1) is 5.61. The molecule has 1 aromatic rings. The van der Waals surface area contributed by atoms with E-state index in [1.807, 2.05) is 25.9 Å². The highest BCUT2D eigenvalue weighted by atomic mass is 16.3. The summed E-state index contributed by atoms with van der Waals surface area (Å²) in [7, 11) is 3.90. The molecule has 0 radical (unpaired) electrons. The van der Waals surface area contributed by atoms with Gasteiger partial charge < -0.3 is 10.0 Å². The Bertz CT molecular complexity index is 271. The summed E-state index contributed by atoms with van der Waals surface area (Å²) in [5, 5.41) is 9.56. The molecule has 1 N–H and O–H groups in total. The van der Waals surface area contributed by atoms with Crippen molar-refractivity contribution in [2.45, 2.75) is 13.5 Å². The first kappa shape index (κ1) is 9.00. The highest BCUT2D eigenvalue weighted by Gasteiger charge is 2.05. The van der Waals surface area contributed by atoms with Crippen molar-refractivity contribution >= 4 is 0 Å². The number of rotatable bonds is 2. The van der Waals surface area contributed by atoms with E-state index >= 15 is 0 Å². The van der Waals surface area contributed by atoms with Crippen molar-refractivity contribution in [2.24, 2.45) is 0 Å². The Kier molecular flexibility index (Phi) is 2.65. The molecule has 0 amide bonds. The lowest BCUT2D eigenvalue weighted by atomic mass is 10.2. The fourth-order valence-electron chi connectivity index (χ4n) is 1.02. The molecule has 1 aromatic heterocycles. The molecule has 0 saturated carbocycles. The van der Waals surface area contributed by atoms with Gasteiger partial charge in [-0.05, 0) is 32.6 Å². The number of hydrogen-bond acceptors (Lipinski definition) is 3. The number of hydrogen-bond donors (Lipinski definition) is 1. The summed E-state index contributed by atoms with van der Waals surface area (Å²) in [6.45, 7) is 2.55. The number of pyridine rings is 1. The zero-order valence-electron chi connectivity index (χ0n) is 7.70. The quantitative estimate of drug-likeness (QED) is 0.716. The Labute approximate surface area is 72.7 Å². The summed E-state index contributed by atoms with van der Waals surface area (Å²) in [6, 6.07) is 1.80. The molecule has 3 heteroatoms. The lowest BCUT2D eigenvalue weighted by molar-refractivity contribution is 0.377. The first-order valence-electron chi connectivity index (χ1n) is 3.89. The Morgan fingerprint density at radius 1 is 1.50 bits per heavy atom. The largest absolute Gasteiger partial charge is 0.506 e. The minimum atomic E-state index is 0.311. The van der Waals surface area contributed by atoms with Crippen LogP contribution in [0, 0.1) is 6.92 Å². The molecule has 12 heavy (non-hydrogen) atoms. The third kappa shape index (κ3) is 1.95. The Morgan fingerprint density at radius 2 is 2.17 bits per heavy atom. The molecule has 0 bridgehead atoms. The maximum Gasteiger partial charge on any atom is 0.141 e. The molecule has 0 spiro atoms. The summed E-state index contributed by atoms with van der Waals surface area (Å²) in [5.74, 6) is 0.311. The van der Waals surface area contributed by atoms with Crippen LogP contribution in [0.2, 0.25) is 0 Å². The van der Waals surface area contributed by atoms with Crippen molar-refractivity contribution in [1.29, 1.82) is 0 Å². The van der Waals surface area contributed by atoms with Crippen LogP contribution in [0.15, 0.2) is 12.3 Å². The van der Waals surface area contributed by atoms with Gasteiger partial charge in [-0.25, -0.2) is 0 Å². The van der Waals surface area contributed by atoms with Crippen molar-refractivity contribution in [3.63, 3.8) is 0 Å². The zero-order chi connectivity index (χ0) is 9.14. The van der Waals surface area contributed by atoms with Crippen molar-refractivity contribution in [1.82, 2.24) is 9.88 Å². The zero-order valence-corrected chi connectivity index (χ0v) is 7.70. The van der Waals surface area contributed by atoms with E-state index in [9.17, 15) is 5.11 Å². The van der Waals surface area contributed by atoms with E-state index in [-0.39, 0.29) is 0 Å². The number of aromatic hydroxyl groups is 1. The Balaban J connectivity index is 2.92. The summed E-state index contributed by atoms with van der Waals surface area (Å²) in [6.07, 6.45) is 1.72. The van der Waals surface area contributed by atoms with Crippen LogP contribution >= 0.6 is 0 Å². The fraction of sp³-hybridized carbons (Fsp3) is 0.444. The predicted molar refractivity (Wildman–Crippen MR) is 48.0 cm³/mol. The van der Waals surface area contributed by atoms with Gasteiger partial charge in [0.15, 0.2) is 0 Å². The molecule has 0 aliphatic rings. The van der Waals surface area contributed by atoms with Crippen LogP contribution in [0.5, 0.6) is 5.75 Å².